The maximum Gasteiger partial charge on any atom is 0.239 e. The van der Waals surface area contributed by atoms with Gasteiger partial charge < -0.3 is 14.2 Å². The second-order valence-corrected chi connectivity index (χ2v) is 8.26. The summed E-state index contributed by atoms with van der Waals surface area (Å²) in [6.45, 7) is 1.36. The van der Waals surface area contributed by atoms with Gasteiger partial charge in [-0.1, -0.05) is 23.7 Å². The minimum Gasteiger partial charge on any atom is -0.422 e. The molecule has 27 heavy (non-hydrogen) atoms. The molecule has 1 saturated carbocycles. The molecule has 1 aromatic carbocycles. The summed E-state index contributed by atoms with van der Waals surface area (Å²) in [6, 6.07) is 7.75. The molecule has 0 radical (unpaired) electrons. The van der Waals surface area contributed by atoms with E-state index in [1.54, 1.807) is 0 Å². The first kappa shape index (κ1) is 18.4. The van der Waals surface area contributed by atoms with Gasteiger partial charge in [0.25, 0.3) is 0 Å². The van der Waals surface area contributed by atoms with Crippen LogP contribution >= 0.6 is 11.6 Å². The van der Waals surface area contributed by atoms with Crippen LogP contribution in [0.1, 0.15) is 55.0 Å². The lowest BCUT2D eigenvalue weighted by atomic mass is 10.0. The number of amides is 1. The second-order valence-electron chi connectivity index (χ2n) is 7.82. The van der Waals surface area contributed by atoms with E-state index in [4.69, 9.17) is 16.0 Å². The summed E-state index contributed by atoms with van der Waals surface area (Å²) >= 11 is 6.11. The first-order valence-electron chi connectivity index (χ1n) is 9.56. The molecule has 1 aromatic heterocycles. The van der Waals surface area contributed by atoms with E-state index in [2.05, 4.69) is 16.3 Å². The minimum absolute atomic E-state index is 0.0354. The van der Waals surface area contributed by atoms with E-state index >= 15 is 0 Å². The van der Waals surface area contributed by atoms with Gasteiger partial charge in [-0.05, 0) is 63.4 Å². The number of rotatable bonds is 5. The molecule has 1 amide bonds. The lowest BCUT2D eigenvalue weighted by Gasteiger charge is -2.33. The van der Waals surface area contributed by atoms with Crippen molar-refractivity contribution in [2.24, 2.45) is 5.92 Å². The third kappa shape index (κ3) is 4.01. The Labute approximate surface area is 164 Å². The number of nitrogens with zero attached hydrogens (tertiary/aromatic N) is 4. The highest BCUT2D eigenvalue weighted by molar-refractivity contribution is 6.30. The fraction of sp³-hybridized carbons (Fsp3) is 0.550. The van der Waals surface area contributed by atoms with Crippen LogP contribution in [0.2, 0.25) is 5.02 Å². The second kappa shape index (κ2) is 7.60. The number of aromatic nitrogens is 2. The third-order valence-electron chi connectivity index (χ3n) is 5.39. The zero-order valence-electron chi connectivity index (χ0n) is 15.8. The van der Waals surface area contributed by atoms with Crippen molar-refractivity contribution in [1.82, 2.24) is 20.0 Å². The Morgan fingerprint density at radius 1 is 1.33 bits per heavy atom. The van der Waals surface area contributed by atoms with Gasteiger partial charge in [-0.15, -0.1) is 10.2 Å². The molecule has 7 heteroatoms. The zero-order chi connectivity index (χ0) is 19.0. The molecule has 3 unspecified atom stereocenters. The fourth-order valence-electron chi connectivity index (χ4n) is 3.97. The van der Waals surface area contributed by atoms with Gasteiger partial charge in [0.2, 0.25) is 17.7 Å². The summed E-state index contributed by atoms with van der Waals surface area (Å²) in [5, 5.41) is 9.11. The number of hydrogen-bond acceptors (Lipinski definition) is 5. The van der Waals surface area contributed by atoms with Crippen LogP contribution in [0.4, 0.5) is 0 Å². The summed E-state index contributed by atoms with van der Waals surface area (Å²) in [5.74, 6) is 1.67. The lowest BCUT2D eigenvalue weighted by molar-refractivity contribution is -0.137. The van der Waals surface area contributed by atoms with Crippen LogP contribution in [0.5, 0.6) is 0 Å². The van der Waals surface area contributed by atoms with Gasteiger partial charge in [0.1, 0.15) is 6.04 Å². The summed E-state index contributed by atoms with van der Waals surface area (Å²) in [6.07, 6.45) is 3.86. The molecule has 1 saturated heterocycles. The van der Waals surface area contributed by atoms with Gasteiger partial charge in [-0.25, -0.2) is 0 Å². The highest BCUT2D eigenvalue weighted by atomic mass is 35.5. The molecule has 0 N–H and O–H groups in total. The number of carbonyl (C=O) groups excluding carboxylic acids is 1. The van der Waals surface area contributed by atoms with E-state index in [1.165, 1.54) is 0 Å². The van der Waals surface area contributed by atoms with Crippen molar-refractivity contribution in [2.75, 3.05) is 20.6 Å². The van der Waals surface area contributed by atoms with Gasteiger partial charge in [-0.2, -0.15) is 0 Å². The zero-order valence-corrected chi connectivity index (χ0v) is 16.5. The van der Waals surface area contributed by atoms with E-state index in [0.29, 0.717) is 18.3 Å². The van der Waals surface area contributed by atoms with Crippen LogP contribution in [0.3, 0.4) is 0 Å². The average molecular weight is 389 g/mol. The smallest absolute Gasteiger partial charge is 0.239 e. The monoisotopic (exact) mass is 388 g/mol. The molecule has 0 bridgehead atoms. The summed E-state index contributed by atoms with van der Waals surface area (Å²) in [5.41, 5.74) is 1.15. The Hall–Kier alpha value is -1.92. The molecular weight excluding hydrogens is 364 g/mol. The Balaban J connectivity index is 1.48. The molecule has 2 heterocycles. The summed E-state index contributed by atoms with van der Waals surface area (Å²) in [4.78, 5) is 17.1. The van der Waals surface area contributed by atoms with Crippen molar-refractivity contribution in [3.8, 4) is 0 Å². The molecule has 1 aliphatic carbocycles. The van der Waals surface area contributed by atoms with Crippen LogP contribution < -0.4 is 0 Å². The maximum absolute atomic E-state index is 13.2. The van der Waals surface area contributed by atoms with Crippen LogP contribution in [-0.2, 0) is 11.3 Å². The summed E-state index contributed by atoms with van der Waals surface area (Å²) < 4.78 is 5.87. The normalized spacial score (nSPS) is 25.0. The molecule has 2 fully saturated rings. The van der Waals surface area contributed by atoms with Gasteiger partial charge in [-0.3, -0.25) is 4.79 Å². The predicted molar refractivity (Wildman–Crippen MR) is 102 cm³/mol. The molecule has 2 aliphatic rings. The first-order chi connectivity index (χ1) is 13.0. The minimum atomic E-state index is -0.102. The number of hydrogen-bond donors (Lipinski definition) is 0. The van der Waals surface area contributed by atoms with Crippen molar-refractivity contribution in [3.05, 3.63) is 46.6 Å². The van der Waals surface area contributed by atoms with E-state index in [9.17, 15) is 4.79 Å². The van der Waals surface area contributed by atoms with Crippen molar-refractivity contribution in [2.45, 2.75) is 44.2 Å². The predicted octanol–water partition coefficient (Wildman–Crippen LogP) is 3.64. The van der Waals surface area contributed by atoms with E-state index < -0.39 is 0 Å². The van der Waals surface area contributed by atoms with Crippen molar-refractivity contribution >= 4 is 17.5 Å². The Morgan fingerprint density at radius 2 is 2.19 bits per heavy atom. The van der Waals surface area contributed by atoms with Crippen LogP contribution in [0.25, 0.3) is 0 Å². The van der Waals surface area contributed by atoms with E-state index in [1.807, 2.05) is 42.1 Å². The highest BCUT2D eigenvalue weighted by Gasteiger charge is 2.48. The van der Waals surface area contributed by atoms with Crippen LogP contribution in [0, 0.1) is 5.92 Å². The highest BCUT2D eigenvalue weighted by Crippen LogP contribution is 2.50. The topological polar surface area (TPSA) is 62.5 Å². The Morgan fingerprint density at radius 3 is 2.96 bits per heavy atom. The van der Waals surface area contributed by atoms with Gasteiger partial charge in [0, 0.05) is 17.5 Å². The largest absolute Gasteiger partial charge is 0.422 e. The fourth-order valence-corrected chi connectivity index (χ4v) is 4.17. The average Bonchev–Trinajstić information content (AvgIpc) is 3.33. The number of piperidine rings is 1. The van der Waals surface area contributed by atoms with Crippen LogP contribution in [-0.4, -0.2) is 46.5 Å². The first-order valence-corrected chi connectivity index (χ1v) is 9.93. The van der Waals surface area contributed by atoms with Gasteiger partial charge in [0.05, 0.1) is 6.54 Å². The quantitative estimate of drug-likeness (QED) is 0.782. The maximum atomic E-state index is 13.2. The molecule has 1 aliphatic heterocycles. The molecule has 3 atom stereocenters. The Bertz CT molecular complexity index is 822. The Kier molecular flexibility index (Phi) is 5.19. The number of halogens is 1. The van der Waals surface area contributed by atoms with Gasteiger partial charge >= 0.3 is 0 Å². The number of benzene rings is 1. The van der Waals surface area contributed by atoms with E-state index in [0.717, 1.165) is 42.8 Å². The molecule has 2 aromatic rings. The molecule has 6 nitrogen and oxygen atoms in total. The molecule has 0 spiro atoms. The van der Waals surface area contributed by atoms with E-state index in [-0.39, 0.29) is 23.8 Å². The number of likely N-dealkylation sites (tertiary alicyclic amines) is 1. The van der Waals surface area contributed by atoms with Crippen molar-refractivity contribution < 1.29 is 9.21 Å². The lowest BCUT2D eigenvalue weighted by Crippen LogP contribution is -2.39. The van der Waals surface area contributed by atoms with Crippen molar-refractivity contribution in [3.63, 3.8) is 0 Å². The van der Waals surface area contributed by atoms with Crippen LogP contribution in [0.15, 0.2) is 28.7 Å². The summed E-state index contributed by atoms with van der Waals surface area (Å²) in [7, 11) is 3.92. The van der Waals surface area contributed by atoms with Crippen molar-refractivity contribution in [1.29, 1.82) is 0 Å². The number of carbonyl (C=O) groups is 1. The standard InChI is InChI=1S/C20H25ClN4O2/c1-24(2)12-18-22-23-19(27-18)17-8-3-4-9-25(17)20(26)16-11-15(16)13-6-5-7-14(21)10-13/h5-7,10,15-17H,3-4,8-9,11-12H2,1-2H3. The molecular formula is C20H25ClN4O2. The van der Waals surface area contributed by atoms with Gasteiger partial charge in [0.15, 0.2) is 0 Å². The third-order valence-corrected chi connectivity index (χ3v) is 5.62. The SMILES string of the molecule is CN(C)Cc1nnc(C2CCCCN2C(=O)C2CC2c2cccc(Cl)c2)o1. The molecule has 4 rings (SSSR count). The molecule has 144 valence electrons.